The van der Waals surface area contributed by atoms with Gasteiger partial charge in [0.1, 0.15) is 0 Å². The minimum absolute atomic E-state index is 0.213. The first-order valence-corrected chi connectivity index (χ1v) is 4.13. The summed E-state index contributed by atoms with van der Waals surface area (Å²) in [7, 11) is 22.1. The van der Waals surface area contributed by atoms with Gasteiger partial charge in [-0.3, -0.25) is 0 Å². The van der Waals surface area contributed by atoms with Gasteiger partial charge in [0, 0.05) is 0 Å². The van der Waals surface area contributed by atoms with E-state index in [0.717, 1.165) is 6.07 Å². The molecule has 0 heterocycles. The van der Waals surface area contributed by atoms with Gasteiger partial charge in [-0.1, -0.05) is 22.2 Å². The van der Waals surface area contributed by atoms with Crippen LogP contribution in [0.4, 0.5) is 0 Å². The minimum Gasteiger partial charge on any atom is -0.504 e. The SMILES string of the molecule is [B]C([B])(N)C([B])([B])c1ccc(O)c(O)c1. The third-order valence-corrected chi connectivity index (χ3v) is 2.17. The van der Waals surface area contributed by atoms with E-state index in [9.17, 15) is 5.11 Å². The van der Waals surface area contributed by atoms with Crippen LogP contribution in [-0.4, -0.2) is 46.9 Å². The Hall–Kier alpha value is -0.960. The lowest BCUT2D eigenvalue weighted by Crippen LogP contribution is -2.60. The molecule has 0 fully saturated rings. The van der Waals surface area contributed by atoms with Crippen molar-refractivity contribution in [1.82, 2.24) is 0 Å². The summed E-state index contributed by atoms with van der Waals surface area (Å²) >= 11 is 0. The molecule has 0 atom stereocenters. The van der Waals surface area contributed by atoms with Gasteiger partial charge in [-0.05, 0) is 12.1 Å². The highest BCUT2D eigenvalue weighted by Crippen LogP contribution is 2.31. The molecule has 8 radical (unpaired) electrons. The topological polar surface area (TPSA) is 66.5 Å². The zero-order valence-corrected chi connectivity index (χ0v) is 8.01. The van der Waals surface area contributed by atoms with Crippen LogP contribution in [0.1, 0.15) is 5.56 Å². The van der Waals surface area contributed by atoms with Crippen molar-refractivity contribution in [2.24, 2.45) is 5.73 Å². The molecule has 1 rings (SSSR count). The summed E-state index contributed by atoms with van der Waals surface area (Å²) < 4.78 is 0. The molecule has 68 valence electrons. The molecule has 0 amide bonds. The van der Waals surface area contributed by atoms with Crippen LogP contribution in [0, 0.1) is 0 Å². The van der Waals surface area contributed by atoms with Crippen LogP contribution in [-0.2, 0) is 5.21 Å². The molecule has 1 aromatic rings. The zero-order chi connectivity index (χ0) is 11.9. The molecule has 0 spiro atoms. The Bertz CT molecular complexity index is 375. The second-order valence-corrected chi connectivity index (χ2v) is 3.51. The number of hydrogen-bond acceptors (Lipinski definition) is 3. The minimum atomic E-state index is -1.85. The van der Waals surface area contributed by atoms with Crippen molar-refractivity contribution < 1.29 is 10.2 Å². The lowest BCUT2D eigenvalue weighted by Gasteiger charge is -2.41. The predicted molar refractivity (Wildman–Crippen MR) is 61.4 cm³/mol. The molecule has 15 heavy (non-hydrogen) atoms. The van der Waals surface area contributed by atoms with Gasteiger partial charge in [0.25, 0.3) is 0 Å². The Kier molecular flexibility index (Phi) is 2.87. The Morgan fingerprint density at radius 2 is 1.53 bits per heavy atom. The van der Waals surface area contributed by atoms with Gasteiger partial charge in [0.2, 0.25) is 0 Å². The van der Waals surface area contributed by atoms with E-state index in [1.165, 1.54) is 12.1 Å². The summed E-state index contributed by atoms with van der Waals surface area (Å²) in [5.74, 6) is -0.678. The van der Waals surface area contributed by atoms with Crippen LogP contribution in [0.25, 0.3) is 0 Å². The van der Waals surface area contributed by atoms with E-state index in [1.807, 2.05) is 0 Å². The molecule has 0 saturated carbocycles. The van der Waals surface area contributed by atoms with Gasteiger partial charge in [0.05, 0.1) is 31.4 Å². The van der Waals surface area contributed by atoms with Crippen molar-refractivity contribution in [3.8, 4) is 11.5 Å². The molecule has 1 aromatic carbocycles. The van der Waals surface area contributed by atoms with E-state index in [0.29, 0.717) is 0 Å². The monoisotopic (exact) mass is 193 g/mol. The molecule has 0 bridgehead atoms. The first kappa shape index (κ1) is 12.1. The number of phenols is 2. The summed E-state index contributed by atoms with van der Waals surface area (Å²) in [5.41, 5.74) is 5.61. The lowest BCUT2D eigenvalue weighted by atomic mass is 9.32. The highest BCUT2D eigenvalue weighted by Gasteiger charge is 2.33. The highest BCUT2D eigenvalue weighted by molar-refractivity contribution is 6.54. The maximum absolute atomic E-state index is 9.25. The smallest absolute Gasteiger partial charge is 0.157 e. The summed E-state index contributed by atoms with van der Waals surface area (Å²) in [6.45, 7) is 0. The van der Waals surface area contributed by atoms with Crippen LogP contribution >= 0.6 is 0 Å². The third kappa shape index (κ3) is 2.17. The molecule has 0 saturated heterocycles. The summed E-state index contributed by atoms with van der Waals surface area (Å²) in [6.07, 6.45) is 0. The molecule has 7 heteroatoms. The Morgan fingerprint density at radius 3 is 1.93 bits per heavy atom. The average Bonchev–Trinajstić information content (AvgIpc) is 2.07. The average molecular weight is 192 g/mol. The van der Waals surface area contributed by atoms with E-state index >= 15 is 0 Å². The van der Waals surface area contributed by atoms with Crippen molar-refractivity contribution in [3.63, 3.8) is 0 Å². The maximum Gasteiger partial charge on any atom is 0.157 e. The van der Waals surface area contributed by atoms with Crippen molar-refractivity contribution in [2.75, 3.05) is 0 Å². The molecule has 0 aliphatic rings. The number of phenolic OH excluding ortho intramolecular Hbond substituents is 2. The number of nitrogens with two attached hydrogens (primary N) is 1. The van der Waals surface area contributed by atoms with Gasteiger partial charge in [-0.2, -0.15) is 0 Å². The quantitative estimate of drug-likeness (QED) is 0.396. The predicted octanol–water partition coefficient (Wildman–Crippen LogP) is -1.46. The Labute approximate surface area is 93.7 Å². The number of rotatable bonds is 2. The fourth-order valence-electron chi connectivity index (χ4n) is 1.03. The van der Waals surface area contributed by atoms with Crippen LogP contribution in [0.5, 0.6) is 11.5 Å². The van der Waals surface area contributed by atoms with E-state index in [4.69, 9.17) is 42.2 Å². The van der Waals surface area contributed by atoms with Crippen molar-refractivity contribution in [1.29, 1.82) is 0 Å². The molecule has 0 aliphatic heterocycles. The lowest BCUT2D eigenvalue weighted by molar-refractivity contribution is 0.402. The van der Waals surface area contributed by atoms with E-state index in [-0.39, 0.29) is 17.1 Å². The molecule has 3 nitrogen and oxygen atoms in total. The Morgan fingerprint density at radius 1 is 1.00 bits per heavy atom. The number of benzene rings is 1. The fraction of sp³-hybridized carbons (Fsp3) is 0.250. The largest absolute Gasteiger partial charge is 0.504 e. The van der Waals surface area contributed by atoms with Crippen molar-refractivity contribution in [3.05, 3.63) is 23.8 Å². The van der Waals surface area contributed by atoms with Gasteiger partial charge in [-0.25, -0.2) is 0 Å². The van der Waals surface area contributed by atoms with Gasteiger partial charge in [-0.15, -0.1) is 0 Å². The van der Waals surface area contributed by atoms with Gasteiger partial charge >= 0.3 is 0 Å². The van der Waals surface area contributed by atoms with E-state index < -0.39 is 10.6 Å². The van der Waals surface area contributed by atoms with Crippen LogP contribution < -0.4 is 5.73 Å². The zero-order valence-electron chi connectivity index (χ0n) is 8.01. The second kappa shape index (κ2) is 3.56. The summed E-state index contributed by atoms with van der Waals surface area (Å²) in [5, 5.41) is 14.8. The normalized spacial score (nSPS) is 12.6. The van der Waals surface area contributed by atoms with Gasteiger partial charge in [0.15, 0.2) is 11.5 Å². The molecule has 4 N–H and O–H groups in total. The second-order valence-electron chi connectivity index (χ2n) is 3.51. The molecular weight excluding hydrogens is 185 g/mol. The molecule has 0 aliphatic carbocycles. The fourth-order valence-corrected chi connectivity index (χ4v) is 1.03. The standard InChI is InChI=1S/C8H7B4NO2/c9-7(10,8(11,12)13)4-1-2-5(14)6(15)3-4/h1-3,14-15H,13H2. The molecule has 0 aromatic heterocycles. The first-order valence-electron chi connectivity index (χ1n) is 4.13. The highest BCUT2D eigenvalue weighted by atomic mass is 16.3. The van der Waals surface area contributed by atoms with Gasteiger partial charge < -0.3 is 15.9 Å². The first-order chi connectivity index (χ1) is 6.66. The molecule has 0 unspecified atom stereocenters. The van der Waals surface area contributed by atoms with Crippen molar-refractivity contribution in [2.45, 2.75) is 10.6 Å². The molecular formula is C8H7B4NO2. The number of aromatic hydroxyl groups is 2. The summed E-state index contributed by atoms with van der Waals surface area (Å²) in [4.78, 5) is 0. The van der Waals surface area contributed by atoms with E-state index in [2.05, 4.69) is 0 Å². The maximum atomic E-state index is 9.25. The van der Waals surface area contributed by atoms with E-state index in [1.54, 1.807) is 0 Å². The van der Waals surface area contributed by atoms with Crippen LogP contribution in [0.2, 0.25) is 0 Å². The van der Waals surface area contributed by atoms with Crippen LogP contribution in [0.15, 0.2) is 18.2 Å². The van der Waals surface area contributed by atoms with Crippen LogP contribution in [0.3, 0.4) is 0 Å². The number of hydrogen-bond donors (Lipinski definition) is 3. The van der Waals surface area contributed by atoms with Crippen molar-refractivity contribution >= 4 is 31.4 Å². The third-order valence-electron chi connectivity index (χ3n) is 2.17. The Balaban J connectivity index is 3.22. The summed E-state index contributed by atoms with van der Waals surface area (Å²) in [6, 6.07) is 3.73.